The lowest BCUT2D eigenvalue weighted by Crippen LogP contribution is -2.23. The van der Waals surface area contributed by atoms with E-state index in [0.717, 1.165) is 29.5 Å². The van der Waals surface area contributed by atoms with Gasteiger partial charge in [0.1, 0.15) is 5.01 Å². The minimum Gasteiger partial charge on any atom is -0.288 e. The Bertz CT molecular complexity index is 522. The molecule has 1 N–H and O–H groups in total. The maximum absolute atomic E-state index is 6.23. The van der Waals surface area contributed by atoms with Gasteiger partial charge in [-0.15, -0.1) is 11.3 Å². The fraction of sp³-hybridized carbons (Fsp3) is 0.500. The highest BCUT2D eigenvalue weighted by Crippen LogP contribution is 2.34. The van der Waals surface area contributed by atoms with Crippen LogP contribution in [0.3, 0.4) is 0 Å². The van der Waals surface area contributed by atoms with Gasteiger partial charge >= 0.3 is 0 Å². The molecule has 0 spiro atoms. The van der Waals surface area contributed by atoms with Crippen LogP contribution >= 0.6 is 22.9 Å². The third kappa shape index (κ3) is 2.18. The van der Waals surface area contributed by atoms with E-state index in [2.05, 4.69) is 20.1 Å². The van der Waals surface area contributed by atoms with E-state index in [1.54, 1.807) is 11.3 Å². The van der Waals surface area contributed by atoms with Crippen LogP contribution in [0.4, 0.5) is 0 Å². The molecule has 1 aliphatic heterocycles. The molecule has 1 aliphatic rings. The summed E-state index contributed by atoms with van der Waals surface area (Å²) >= 11 is 7.96. The molecule has 1 fully saturated rings. The van der Waals surface area contributed by atoms with Crippen molar-refractivity contribution in [1.29, 1.82) is 0 Å². The number of nitrogens with zero attached hydrogens (tertiary/aromatic N) is 3. The number of aromatic amines is 1. The molecular formula is C12H15ClN4S. The summed E-state index contributed by atoms with van der Waals surface area (Å²) in [6, 6.07) is 0.429. The standard InChI is InChI=1S/C12H15ClN4S/c1-8-11(13)9(16-15-8)7-17-5-2-3-10(17)12-14-4-6-18-12/h4,6,10H,2-3,5,7H2,1H3,(H,15,16)/t10-/m1/s1. The minimum absolute atomic E-state index is 0.429. The topological polar surface area (TPSA) is 44.8 Å². The number of hydrogen-bond donors (Lipinski definition) is 1. The van der Waals surface area contributed by atoms with Crippen molar-refractivity contribution >= 4 is 22.9 Å². The fourth-order valence-electron chi connectivity index (χ4n) is 2.46. The summed E-state index contributed by atoms with van der Waals surface area (Å²) in [6.45, 7) is 3.83. The molecule has 0 unspecified atom stereocenters. The van der Waals surface area contributed by atoms with Crippen LogP contribution < -0.4 is 0 Å². The van der Waals surface area contributed by atoms with E-state index < -0.39 is 0 Å². The minimum atomic E-state index is 0.429. The second-order valence-electron chi connectivity index (χ2n) is 4.61. The summed E-state index contributed by atoms with van der Waals surface area (Å²) in [5.41, 5.74) is 1.88. The Hall–Kier alpha value is -0.910. The molecule has 2 aromatic rings. The van der Waals surface area contributed by atoms with E-state index in [1.807, 2.05) is 18.5 Å². The van der Waals surface area contributed by atoms with Crippen molar-refractivity contribution in [1.82, 2.24) is 20.1 Å². The number of likely N-dealkylation sites (tertiary alicyclic amines) is 1. The lowest BCUT2D eigenvalue weighted by atomic mass is 10.2. The van der Waals surface area contributed by atoms with Crippen LogP contribution in [-0.2, 0) is 6.54 Å². The first-order valence-corrected chi connectivity index (χ1v) is 7.34. The van der Waals surface area contributed by atoms with Crippen LogP contribution in [0.5, 0.6) is 0 Å². The maximum atomic E-state index is 6.23. The van der Waals surface area contributed by atoms with Gasteiger partial charge in [0, 0.05) is 18.1 Å². The molecule has 2 aromatic heterocycles. The molecule has 0 radical (unpaired) electrons. The highest BCUT2D eigenvalue weighted by atomic mass is 35.5. The van der Waals surface area contributed by atoms with Gasteiger partial charge in [0.2, 0.25) is 0 Å². The molecule has 0 amide bonds. The van der Waals surface area contributed by atoms with E-state index in [4.69, 9.17) is 11.6 Å². The fourth-order valence-corrected chi connectivity index (χ4v) is 3.41. The molecule has 18 heavy (non-hydrogen) atoms. The third-order valence-corrected chi connectivity index (χ3v) is 4.77. The second kappa shape index (κ2) is 4.99. The quantitative estimate of drug-likeness (QED) is 0.940. The van der Waals surface area contributed by atoms with Crippen molar-refractivity contribution in [2.75, 3.05) is 6.54 Å². The molecule has 0 saturated carbocycles. The van der Waals surface area contributed by atoms with E-state index in [0.29, 0.717) is 6.04 Å². The number of rotatable bonds is 3. The monoisotopic (exact) mass is 282 g/mol. The third-order valence-electron chi connectivity index (χ3n) is 3.39. The summed E-state index contributed by atoms with van der Waals surface area (Å²) in [7, 11) is 0. The van der Waals surface area contributed by atoms with Crippen LogP contribution in [0.15, 0.2) is 11.6 Å². The molecule has 1 saturated heterocycles. The largest absolute Gasteiger partial charge is 0.288 e. The van der Waals surface area contributed by atoms with E-state index in [1.165, 1.54) is 17.8 Å². The lowest BCUT2D eigenvalue weighted by Gasteiger charge is -2.21. The summed E-state index contributed by atoms with van der Waals surface area (Å²) in [6.07, 6.45) is 4.27. The maximum Gasteiger partial charge on any atom is 0.110 e. The van der Waals surface area contributed by atoms with Gasteiger partial charge in [-0.25, -0.2) is 4.98 Å². The van der Waals surface area contributed by atoms with E-state index in [-0.39, 0.29) is 0 Å². The predicted octanol–water partition coefficient (Wildman–Crippen LogP) is 3.17. The lowest BCUT2D eigenvalue weighted by molar-refractivity contribution is 0.245. The molecule has 0 bridgehead atoms. The predicted molar refractivity (Wildman–Crippen MR) is 72.8 cm³/mol. The SMILES string of the molecule is Cc1[nH]nc(CN2CCC[C@@H]2c2nccs2)c1Cl. The highest BCUT2D eigenvalue weighted by Gasteiger charge is 2.28. The average Bonchev–Trinajstić information content (AvgIpc) is 3.06. The van der Waals surface area contributed by atoms with Crippen molar-refractivity contribution in [3.8, 4) is 0 Å². The number of H-pyrrole nitrogens is 1. The van der Waals surface area contributed by atoms with Crippen molar-refractivity contribution in [3.05, 3.63) is 33.0 Å². The first-order chi connectivity index (χ1) is 8.75. The highest BCUT2D eigenvalue weighted by molar-refractivity contribution is 7.09. The van der Waals surface area contributed by atoms with Gasteiger partial charge in [0.05, 0.1) is 22.5 Å². The van der Waals surface area contributed by atoms with Gasteiger partial charge in [0.25, 0.3) is 0 Å². The van der Waals surface area contributed by atoms with Crippen LogP contribution in [0.1, 0.15) is 35.3 Å². The number of thiazole rings is 1. The van der Waals surface area contributed by atoms with Gasteiger partial charge < -0.3 is 0 Å². The first-order valence-electron chi connectivity index (χ1n) is 6.08. The van der Waals surface area contributed by atoms with E-state index >= 15 is 0 Å². The number of halogens is 1. The zero-order valence-electron chi connectivity index (χ0n) is 10.2. The number of aryl methyl sites for hydroxylation is 1. The van der Waals surface area contributed by atoms with Crippen molar-refractivity contribution in [3.63, 3.8) is 0 Å². The Kier molecular flexibility index (Phi) is 3.37. The van der Waals surface area contributed by atoms with Gasteiger partial charge in [0.15, 0.2) is 0 Å². The Balaban J connectivity index is 1.78. The number of hydrogen-bond acceptors (Lipinski definition) is 4. The van der Waals surface area contributed by atoms with Crippen LogP contribution in [0, 0.1) is 6.92 Å². The molecule has 0 aromatic carbocycles. The molecule has 3 rings (SSSR count). The molecular weight excluding hydrogens is 268 g/mol. The van der Waals surface area contributed by atoms with Crippen LogP contribution in [0.2, 0.25) is 5.02 Å². The zero-order chi connectivity index (χ0) is 12.5. The summed E-state index contributed by atoms with van der Waals surface area (Å²) < 4.78 is 0. The smallest absolute Gasteiger partial charge is 0.110 e. The van der Waals surface area contributed by atoms with E-state index in [9.17, 15) is 0 Å². The molecule has 6 heteroatoms. The van der Waals surface area contributed by atoms with Crippen molar-refractivity contribution in [2.24, 2.45) is 0 Å². The number of nitrogens with one attached hydrogen (secondary N) is 1. The normalized spacial score (nSPS) is 20.7. The van der Waals surface area contributed by atoms with Gasteiger partial charge in [-0.3, -0.25) is 10.00 Å². The van der Waals surface area contributed by atoms with Crippen LogP contribution in [-0.4, -0.2) is 26.6 Å². The molecule has 1 atom stereocenters. The Morgan fingerprint density at radius 1 is 1.61 bits per heavy atom. The first kappa shape index (κ1) is 12.1. The molecule has 96 valence electrons. The Morgan fingerprint density at radius 2 is 2.50 bits per heavy atom. The van der Waals surface area contributed by atoms with Crippen LogP contribution in [0.25, 0.3) is 0 Å². The van der Waals surface area contributed by atoms with Gasteiger partial charge in [-0.1, -0.05) is 11.6 Å². The Labute approximate surface area is 115 Å². The molecule has 4 nitrogen and oxygen atoms in total. The summed E-state index contributed by atoms with van der Waals surface area (Å²) in [5, 5.41) is 11.2. The van der Waals surface area contributed by atoms with Crippen molar-refractivity contribution in [2.45, 2.75) is 32.4 Å². The number of aromatic nitrogens is 3. The van der Waals surface area contributed by atoms with Crippen molar-refractivity contribution < 1.29 is 0 Å². The second-order valence-corrected chi connectivity index (χ2v) is 5.91. The Morgan fingerprint density at radius 3 is 3.17 bits per heavy atom. The summed E-state index contributed by atoms with van der Waals surface area (Å²) in [5.74, 6) is 0. The van der Waals surface area contributed by atoms with Gasteiger partial charge in [-0.2, -0.15) is 5.10 Å². The van der Waals surface area contributed by atoms with Gasteiger partial charge in [-0.05, 0) is 26.3 Å². The average molecular weight is 283 g/mol. The molecule has 0 aliphatic carbocycles. The molecule has 3 heterocycles. The zero-order valence-corrected chi connectivity index (χ0v) is 11.8. The summed E-state index contributed by atoms with van der Waals surface area (Å²) in [4.78, 5) is 6.85.